The number of nitro groups is 1. The van der Waals surface area contributed by atoms with Crippen molar-refractivity contribution in [2.75, 3.05) is 0 Å². The lowest BCUT2D eigenvalue weighted by Gasteiger charge is -2.08. The second kappa shape index (κ2) is 4.84. The molecule has 0 aliphatic rings. The number of hydrogen-bond donors (Lipinski definition) is 0. The van der Waals surface area contributed by atoms with Crippen molar-refractivity contribution in [1.82, 2.24) is 0 Å². The summed E-state index contributed by atoms with van der Waals surface area (Å²) in [6.45, 7) is 5.71. The molecule has 0 bridgehead atoms. The maximum Gasteiger partial charge on any atom is 0.280 e. The van der Waals surface area contributed by atoms with Gasteiger partial charge in [-0.05, 0) is 24.1 Å². The van der Waals surface area contributed by atoms with Crippen molar-refractivity contribution in [3.05, 3.63) is 81.9 Å². The Labute approximate surface area is 106 Å². The van der Waals surface area contributed by atoms with Crippen molar-refractivity contribution in [1.29, 1.82) is 0 Å². The molecule has 0 aliphatic carbocycles. The van der Waals surface area contributed by atoms with Crippen molar-refractivity contribution >= 4 is 11.3 Å². The summed E-state index contributed by atoms with van der Waals surface area (Å²) >= 11 is 0. The van der Waals surface area contributed by atoms with Gasteiger partial charge in [0.25, 0.3) is 5.69 Å². The number of nitrogens with zero attached hydrogens (tertiary/aromatic N) is 1. The first-order valence-electron chi connectivity index (χ1n) is 5.60. The highest BCUT2D eigenvalue weighted by molar-refractivity contribution is 5.83. The van der Waals surface area contributed by atoms with Crippen LogP contribution < -0.4 is 0 Å². The second-order valence-corrected chi connectivity index (χ2v) is 4.07. The zero-order chi connectivity index (χ0) is 13.1. The Kier molecular flexibility index (Phi) is 3.24. The van der Waals surface area contributed by atoms with E-state index in [0.29, 0.717) is 16.7 Å². The average Bonchev–Trinajstić information content (AvgIpc) is 2.38. The Balaban J connectivity index is 2.56. The van der Waals surface area contributed by atoms with Gasteiger partial charge in [0.05, 0.1) is 10.5 Å². The maximum atomic E-state index is 11.1. The van der Waals surface area contributed by atoms with E-state index in [1.54, 1.807) is 19.1 Å². The minimum Gasteiger partial charge on any atom is -0.258 e. The fourth-order valence-corrected chi connectivity index (χ4v) is 1.94. The SMILES string of the molecule is C=C(c1ccccc1)c1cccc(C)c1[N+](=O)[O-]. The summed E-state index contributed by atoms with van der Waals surface area (Å²) in [6, 6.07) is 14.8. The van der Waals surface area contributed by atoms with Crippen LogP contribution in [-0.4, -0.2) is 4.92 Å². The van der Waals surface area contributed by atoms with Crippen LogP contribution in [0.1, 0.15) is 16.7 Å². The van der Waals surface area contributed by atoms with Gasteiger partial charge >= 0.3 is 0 Å². The molecule has 2 rings (SSSR count). The summed E-state index contributed by atoms with van der Waals surface area (Å²) in [5.74, 6) is 0. The van der Waals surface area contributed by atoms with Crippen molar-refractivity contribution in [2.45, 2.75) is 6.92 Å². The smallest absolute Gasteiger partial charge is 0.258 e. The molecule has 3 heteroatoms. The second-order valence-electron chi connectivity index (χ2n) is 4.07. The lowest BCUT2D eigenvalue weighted by Crippen LogP contribution is -1.98. The molecule has 3 nitrogen and oxygen atoms in total. The van der Waals surface area contributed by atoms with Crippen LogP contribution in [0.4, 0.5) is 5.69 Å². The number of nitro benzene ring substituents is 1. The van der Waals surface area contributed by atoms with E-state index in [-0.39, 0.29) is 10.6 Å². The predicted octanol–water partition coefficient (Wildman–Crippen LogP) is 3.96. The van der Waals surface area contributed by atoms with Crippen LogP contribution in [0, 0.1) is 17.0 Å². The molecule has 0 saturated carbocycles. The van der Waals surface area contributed by atoms with Crippen molar-refractivity contribution < 1.29 is 4.92 Å². The number of rotatable bonds is 3. The lowest BCUT2D eigenvalue weighted by atomic mass is 9.96. The first kappa shape index (κ1) is 12.0. The average molecular weight is 239 g/mol. The number of para-hydroxylation sites is 1. The lowest BCUT2D eigenvalue weighted by molar-refractivity contribution is -0.385. The minimum atomic E-state index is -0.348. The monoisotopic (exact) mass is 239 g/mol. The predicted molar refractivity (Wildman–Crippen MR) is 72.4 cm³/mol. The van der Waals surface area contributed by atoms with Crippen molar-refractivity contribution in [3.63, 3.8) is 0 Å². The topological polar surface area (TPSA) is 43.1 Å². The molecule has 0 atom stereocenters. The van der Waals surface area contributed by atoms with E-state index in [0.717, 1.165) is 5.56 Å². The van der Waals surface area contributed by atoms with E-state index in [9.17, 15) is 10.1 Å². The van der Waals surface area contributed by atoms with Gasteiger partial charge in [-0.2, -0.15) is 0 Å². The largest absolute Gasteiger partial charge is 0.280 e. The Bertz CT molecular complexity index is 603. The van der Waals surface area contributed by atoms with Crippen molar-refractivity contribution in [3.8, 4) is 0 Å². The quantitative estimate of drug-likeness (QED) is 0.601. The molecule has 2 aromatic rings. The van der Waals surface area contributed by atoms with Crippen LogP contribution in [0.2, 0.25) is 0 Å². The Morgan fingerprint density at radius 3 is 2.39 bits per heavy atom. The van der Waals surface area contributed by atoms with E-state index >= 15 is 0 Å². The molecular weight excluding hydrogens is 226 g/mol. The van der Waals surface area contributed by atoms with Crippen molar-refractivity contribution in [2.24, 2.45) is 0 Å². The molecular formula is C15H13NO2. The number of aryl methyl sites for hydroxylation is 1. The number of benzene rings is 2. The van der Waals surface area contributed by atoms with Gasteiger partial charge in [-0.15, -0.1) is 0 Å². The van der Waals surface area contributed by atoms with Crippen LogP contribution in [0.3, 0.4) is 0 Å². The normalized spacial score (nSPS) is 10.1. The van der Waals surface area contributed by atoms with Crippen LogP contribution in [-0.2, 0) is 0 Å². The summed E-state index contributed by atoms with van der Waals surface area (Å²) in [5.41, 5.74) is 2.92. The third-order valence-electron chi connectivity index (χ3n) is 2.87. The zero-order valence-electron chi connectivity index (χ0n) is 10.1. The summed E-state index contributed by atoms with van der Waals surface area (Å²) in [7, 11) is 0. The number of hydrogen-bond acceptors (Lipinski definition) is 2. The zero-order valence-corrected chi connectivity index (χ0v) is 10.1. The Morgan fingerprint density at radius 1 is 1.11 bits per heavy atom. The fraction of sp³-hybridized carbons (Fsp3) is 0.0667. The molecule has 0 N–H and O–H groups in total. The fourth-order valence-electron chi connectivity index (χ4n) is 1.94. The van der Waals surface area contributed by atoms with Gasteiger partial charge in [-0.3, -0.25) is 10.1 Å². The molecule has 0 radical (unpaired) electrons. The third-order valence-corrected chi connectivity index (χ3v) is 2.87. The van der Waals surface area contributed by atoms with Gasteiger partial charge in [-0.1, -0.05) is 49.0 Å². The summed E-state index contributed by atoms with van der Waals surface area (Å²) < 4.78 is 0. The van der Waals surface area contributed by atoms with Gasteiger partial charge in [0, 0.05) is 5.56 Å². The first-order valence-corrected chi connectivity index (χ1v) is 5.60. The minimum absolute atomic E-state index is 0.131. The first-order chi connectivity index (χ1) is 8.61. The summed E-state index contributed by atoms with van der Waals surface area (Å²) in [5, 5.41) is 11.1. The highest BCUT2D eigenvalue weighted by atomic mass is 16.6. The molecule has 0 saturated heterocycles. The molecule has 2 aromatic carbocycles. The van der Waals surface area contributed by atoms with Gasteiger partial charge < -0.3 is 0 Å². The Morgan fingerprint density at radius 2 is 1.78 bits per heavy atom. The van der Waals surface area contributed by atoms with E-state index in [1.807, 2.05) is 36.4 Å². The molecule has 0 unspecified atom stereocenters. The standard InChI is InChI=1S/C15H13NO2/c1-11-7-6-10-14(15(11)16(17)18)12(2)13-8-4-3-5-9-13/h3-10H,2H2,1H3. The molecule has 0 aromatic heterocycles. The summed E-state index contributed by atoms with van der Waals surface area (Å²) in [6.07, 6.45) is 0. The maximum absolute atomic E-state index is 11.1. The van der Waals surface area contributed by atoms with Gasteiger partial charge in [0.1, 0.15) is 0 Å². The van der Waals surface area contributed by atoms with Gasteiger partial charge in [0.15, 0.2) is 0 Å². The molecule has 0 spiro atoms. The third kappa shape index (κ3) is 2.15. The van der Waals surface area contributed by atoms with E-state index < -0.39 is 0 Å². The van der Waals surface area contributed by atoms with Gasteiger partial charge in [-0.25, -0.2) is 0 Å². The Hall–Kier alpha value is -2.42. The van der Waals surface area contributed by atoms with E-state index in [4.69, 9.17) is 0 Å². The van der Waals surface area contributed by atoms with Crippen LogP contribution >= 0.6 is 0 Å². The van der Waals surface area contributed by atoms with E-state index in [1.165, 1.54) is 0 Å². The van der Waals surface area contributed by atoms with Crippen LogP contribution in [0.25, 0.3) is 5.57 Å². The van der Waals surface area contributed by atoms with Gasteiger partial charge in [0.2, 0.25) is 0 Å². The highest BCUT2D eigenvalue weighted by Crippen LogP contribution is 2.31. The molecule has 0 heterocycles. The van der Waals surface area contributed by atoms with Crippen LogP contribution in [0.5, 0.6) is 0 Å². The summed E-state index contributed by atoms with van der Waals surface area (Å²) in [4.78, 5) is 10.8. The molecule has 18 heavy (non-hydrogen) atoms. The highest BCUT2D eigenvalue weighted by Gasteiger charge is 2.19. The molecule has 0 amide bonds. The van der Waals surface area contributed by atoms with E-state index in [2.05, 4.69) is 6.58 Å². The van der Waals surface area contributed by atoms with Crippen LogP contribution in [0.15, 0.2) is 55.1 Å². The molecule has 0 fully saturated rings. The molecule has 0 aliphatic heterocycles. The molecule has 90 valence electrons.